The molecule has 1 unspecified atom stereocenters. The summed E-state index contributed by atoms with van der Waals surface area (Å²) in [5.41, 5.74) is 2.40. The molecule has 0 radical (unpaired) electrons. The van der Waals surface area contributed by atoms with Crippen LogP contribution in [0.1, 0.15) is 24.5 Å². The van der Waals surface area contributed by atoms with Crippen molar-refractivity contribution in [2.45, 2.75) is 25.1 Å². The van der Waals surface area contributed by atoms with Crippen LogP contribution in [0.25, 0.3) is 0 Å². The SMILES string of the molecule is CC1CN(Cc2ccccc2C#CCCO)CCS1. The summed E-state index contributed by atoms with van der Waals surface area (Å²) in [4.78, 5) is 2.51. The van der Waals surface area contributed by atoms with Gasteiger partial charge in [-0.15, -0.1) is 0 Å². The normalized spacial score (nSPS) is 19.8. The van der Waals surface area contributed by atoms with E-state index in [0.29, 0.717) is 6.42 Å². The molecule has 0 aromatic heterocycles. The van der Waals surface area contributed by atoms with Gasteiger partial charge in [0.25, 0.3) is 0 Å². The predicted molar refractivity (Wildman–Crippen MR) is 82.2 cm³/mol. The standard InChI is InChI=1S/C16H21NOS/c1-14-12-17(9-11-19-14)13-16-8-3-2-6-15(16)7-4-5-10-18/h2-3,6,8,14,18H,5,9-13H2,1H3. The number of hydrogen-bond donors (Lipinski definition) is 1. The van der Waals surface area contributed by atoms with Crippen LogP contribution in [0.5, 0.6) is 0 Å². The average Bonchev–Trinajstić information content (AvgIpc) is 2.41. The zero-order valence-electron chi connectivity index (χ0n) is 11.4. The Morgan fingerprint density at radius 3 is 3.05 bits per heavy atom. The van der Waals surface area contributed by atoms with Crippen LogP contribution in [-0.2, 0) is 6.54 Å². The van der Waals surface area contributed by atoms with Gasteiger partial charge in [-0.25, -0.2) is 0 Å². The minimum atomic E-state index is 0.135. The summed E-state index contributed by atoms with van der Waals surface area (Å²) in [6.45, 7) is 5.73. The van der Waals surface area contributed by atoms with E-state index in [2.05, 4.69) is 53.6 Å². The molecule has 0 saturated carbocycles. The van der Waals surface area contributed by atoms with E-state index in [9.17, 15) is 0 Å². The lowest BCUT2D eigenvalue weighted by Gasteiger charge is -2.30. The van der Waals surface area contributed by atoms with Gasteiger partial charge in [0.2, 0.25) is 0 Å². The lowest BCUT2D eigenvalue weighted by Crippen LogP contribution is -2.36. The van der Waals surface area contributed by atoms with Gasteiger partial charge in [0.05, 0.1) is 6.61 Å². The summed E-state index contributed by atoms with van der Waals surface area (Å²) < 4.78 is 0. The van der Waals surface area contributed by atoms with Crippen molar-refractivity contribution >= 4 is 11.8 Å². The van der Waals surface area contributed by atoms with Gasteiger partial charge in [-0.1, -0.05) is 37.0 Å². The topological polar surface area (TPSA) is 23.5 Å². The van der Waals surface area contributed by atoms with Gasteiger partial charge in [0.1, 0.15) is 0 Å². The molecule has 0 bridgehead atoms. The van der Waals surface area contributed by atoms with E-state index in [1.54, 1.807) is 0 Å². The van der Waals surface area contributed by atoms with Gasteiger partial charge in [-0.05, 0) is 11.6 Å². The van der Waals surface area contributed by atoms with Crippen LogP contribution in [0.15, 0.2) is 24.3 Å². The summed E-state index contributed by atoms with van der Waals surface area (Å²) in [6, 6.07) is 8.34. The molecule has 2 rings (SSSR count). The summed E-state index contributed by atoms with van der Waals surface area (Å²) >= 11 is 2.06. The fourth-order valence-corrected chi connectivity index (χ4v) is 3.35. The highest BCUT2D eigenvalue weighted by atomic mass is 32.2. The van der Waals surface area contributed by atoms with Crippen molar-refractivity contribution in [3.63, 3.8) is 0 Å². The van der Waals surface area contributed by atoms with Crippen LogP contribution in [0.2, 0.25) is 0 Å². The van der Waals surface area contributed by atoms with Crippen LogP contribution in [0.3, 0.4) is 0 Å². The Bertz CT molecular complexity index is 463. The maximum Gasteiger partial charge on any atom is 0.0540 e. The third-order valence-electron chi connectivity index (χ3n) is 3.20. The fraction of sp³-hybridized carbons (Fsp3) is 0.500. The lowest BCUT2D eigenvalue weighted by atomic mass is 10.1. The van der Waals surface area contributed by atoms with Crippen LogP contribution >= 0.6 is 11.8 Å². The molecular weight excluding hydrogens is 254 g/mol. The van der Waals surface area contributed by atoms with E-state index in [1.165, 1.54) is 11.3 Å². The molecule has 0 aliphatic carbocycles. The quantitative estimate of drug-likeness (QED) is 0.857. The predicted octanol–water partition coefficient (Wildman–Crippen LogP) is 2.36. The molecule has 0 spiro atoms. The third-order valence-corrected chi connectivity index (χ3v) is 4.33. The molecule has 0 amide bonds. The monoisotopic (exact) mass is 275 g/mol. The molecule has 3 heteroatoms. The van der Waals surface area contributed by atoms with E-state index in [1.807, 2.05) is 6.07 Å². The molecule has 1 aromatic rings. The Balaban J connectivity index is 2.05. The Morgan fingerprint density at radius 2 is 2.26 bits per heavy atom. The molecule has 19 heavy (non-hydrogen) atoms. The van der Waals surface area contributed by atoms with Crippen molar-refractivity contribution in [1.29, 1.82) is 0 Å². The molecule has 2 nitrogen and oxygen atoms in total. The second-order valence-corrected chi connectivity index (χ2v) is 6.40. The van der Waals surface area contributed by atoms with E-state index < -0.39 is 0 Å². The maximum absolute atomic E-state index is 8.79. The van der Waals surface area contributed by atoms with Crippen molar-refractivity contribution in [2.75, 3.05) is 25.4 Å². The van der Waals surface area contributed by atoms with Crippen molar-refractivity contribution in [3.8, 4) is 11.8 Å². The second kappa shape index (κ2) is 7.59. The number of aliphatic hydroxyl groups excluding tert-OH is 1. The number of thioether (sulfide) groups is 1. The van der Waals surface area contributed by atoms with Gasteiger partial charge < -0.3 is 5.11 Å². The summed E-state index contributed by atoms with van der Waals surface area (Å²) in [7, 11) is 0. The molecule has 1 aliphatic heterocycles. The fourth-order valence-electron chi connectivity index (χ4n) is 2.27. The van der Waals surface area contributed by atoms with Crippen molar-refractivity contribution in [2.24, 2.45) is 0 Å². The maximum atomic E-state index is 8.79. The Morgan fingerprint density at radius 1 is 1.42 bits per heavy atom. The first-order chi connectivity index (χ1) is 9.29. The first kappa shape index (κ1) is 14.5. The summed E-state index contributed by atoms with van der Waals surface area (Å²) in [6.07, 6.45) is 0.547. The molecule has 1 saturated heterocycles. The van der Waals surface area contributed by atoms with Gasteiger partial charge >= 0.3 is 0 Å². The first-order valence-electron chi connectivity index (χ1n) is 6.81. The molecular formula is C16H21NOS. The average molecular weight is 275 g/mol. The van der Waals surface area contributed by atoms with Crippen molar-refractivity contribution in [3.05, 3.63) is 35.4 Å². The zero-order valence-corrected chi connectivity index (χ0v) is 12.2. The van der Waals surface area contributed by atoms with E-state index in [4.69, 9.17) is 5.11 Å². The third kappa shape index (κ3) is 4.58. The van der Waals surface area contributed by atoms with E-state index in [0.717, 1.165) is 30.4 Å². The molecule has 1 atom stereocenters. The zero-order chi connectivity index (χ0) is 13.5. The van der Waals surface area contributed by atoms with Crippen molar-refractivity contribution in [1.82, 2.24) is 4.90 Å². The Kier molecular flexibility index (Phi) is 5.78. The molecule has 1 aromatic carbocycles. The van der Waals surface area contributed by atoms with Crippen LogP contribution in [-0.4, -0.2) is 40.7 Å². The summed E-state index contributed by atoms with van der Waals surface area (Å²) in [5.74, 6) is 7.41. The number of rotatable bonds is 3. The van der Waals surface area contributed by atoms with E-state index in [-0.39, 0.29) is 6.61 Å². The first-order valence-corrected chi connectivity index (χ1v) is 7.86. The lowest BCUT2D eigenvalue weighted by molar-refractivity contribution is 0.278. The second-order valence-electron chi connectivity index (χ2n) is 4.85. The number of nitrogens with zero attached hydrogens (tertiary/aromatic N) is 1. The van der Waals surface area contributed by atoms with Gasteiger partial charge in [-0.3, -0.25) is 4.90 Å². The number of aliphatic hydroxyl groups is 1. The number of hydrogen-bond acceptors (Lipinski definition) is 3. The van der Waals surface area contributed by atoms with E-state index >= 15 is 0 Å². The molecule has 1 heterocycles. The highest BCUT2D eigenvalue weighted by molar-refractivity contribution is 7.99. The highest BCUT2D eigenvalue weighted by Gasteiger charge is 2.17. The van der Waals surface area contributed by atoms with Crippen LogP contribution in [0, 0.1) is 11.8 Å². The molecule has 1 fully saturated rings. The molecule has 102 valence electrons. The molecule has 1 aliphatic rings. The van der Waals surface area contributed by atoms with Crippen molar-refractivity contribution < 1.29 is 5.11 Å². The van der Waals surface area contributed by atoms with Gasteiger partial charge in [0.15, 0.2) is 0 Å². The largest absolute Gasteiger partial charge is 0.395 e. The van der Waals surface area contributed by atoms with Gasteiger partial charge in [-0.2, -0.15) is 11.8 Å². The van der Waals surface area contributed by atoms with Gasteiger partial charge in [0, 0.05) is 42.6 Å². The highest BCUT2D eigenvalue weighted by Crippen LogP contribution is 2.20. The van der Waals surface area contributed by atoms with Crippen LogP contribution < -0.4 is 0 Å². The summed E-state index contributed by atoms with van der Waals surface area (Å²) in [5, 5.41) is 9.51. The van der Waals surface area contributed by atoms with Crippen LogP contribution in [0.4, 0.5) is 0 Å². The Hall–Kier alpha value is -0.950. The smallest absolute Gasteiger partial charge is 0.0540 e. The minimum absolute atomic E-state index is 0.135. The molecule has 1 N–H and O–H groups in total. The number of benzene rings is 1. The minimum Gasteiger partial charge on any atom is -0.395 e. The Labute approximate surface area is 120 Å².